The Kier molecular flexibility index (Phi) is 6.85. The van der Waals surface area contributed by atoms with Crippen molar-refractivity contribution in [2.45, 2.75) is 39.5 Å². The van der Waals surface area contributed by atoms with E-state index in [0.717, 1.165) is 12.8 Å². The molecule has 19 heavy (non-hydrogen) atoms. The summed E-state index contributed by atoms with van der Waals surface area (Å²) in [5.41, 5.74) is 0.365. The van der Waals surface area contributed by atoms with Crippen molar-refractivity contribution < 1.29 is 4.79 Å². The Hall–Kier alpha value is -1.65. The van der Waals surface area contributed by atoms with E-state index in [2.05, 4.69) is 34.4 Å². The molecule has 0 spiro atoms. The molecule has 1 rings (SSSR count). The molecule has 0 fully saturated rings. The molecule has 106 valence electrons. The number of nitrogens with zero attached hydrogens (tertiary/aromatic N) is 2. The lowest BCUT2D eigenvalue weighted by Gasteiger charge is -2.14. The zero-order valence-electron chi connectivity index (χ0n) is 12.1. The van der Waals surface area contributed by atoms with Gasteiger partial charge >= 0.3 is 0 Å². The maximum atomic E-state index is 11.9. The first-order chi connectivity index (χ1) is 9.21. The van der Waals surface area contributed by atoms with Crippen molar-refractivity contribution in [3.05, 3.63) is 18.1 Å². The summed E-state index contributed by atoms with van der Waals surface area (Å²) >= 11 is 0. The molecule has 1 heterocycles. The van der Waals surface area contributed by atoms with Crippen LogP contribution in [0.25, 0.3) is 0 Å². The quantitative estimate of drug-likeness (QED) is 0.757. The Morgan fingerprint density at radius 3 is 2.63 bits per heavy atom. The van der Waals surface area contributed by atoms with Gasteiger partial charge in [-0.2, -0.15) is 0 Å². The highest BCUT2D eigenvalue weighted by molar-refractivity contribution is 5.91. The van der Waals surface area contributed by atoms with Gasteiger partial charge in [0.25, 0.3) is 5.91 Å². The van der Waals surface area contributed by atoms with Gasteiger partial charge < -0.3 is 10.6 Å². The molecule has 1 aromatic rings. The molecule has 1 unspecified atom stereocenters. The Bertz CT molecular complexity index is 378. The zero-order valence-corrected chi connectivity index (χ0v) is 12.1. The van der Waals surface area contributed by atoms with Crippen molar-refractivity contribution in [2.75, 3.05) is 18.9 Å². The van der Waals surface area contributed by atoms with Gasteiger partial charge in [0.15, 0.2) is 0 Å². The van der Waals surface area contributed by atoms with Crippen LogP contribution in [0.2, 0.25) is 0 Å². The monoisotopic (exact) mass is 264 g/mol. The number of hydrogen-bond acceptors (Lipinski definition) is 4. The van der Waals surface area contributed by atoms with E-state index < -0.39 is 0 Å². The lowest BCUT2D eigenvalue weighted by atomic mass is 9.99. The van der Waals surface area contributed by atoms with Crippen LogP contribution in [0.4, 0.5) is 5.82 Å². The molecule has 0 aliphatic carbocycles. The second kappa shape index (κ2) is 8.45. The Balaban J connectivity index is 2.44. The molecule has 0 aliphatic heterocycles. The lowest BCUT2D eigenvalue weighted by Crippen LogP contribution is -2.29. The van der Waals surface area contributed by atoms with E-state index in [0.29, 0.717) is 24.0 Å². The number of amides is 1. The maximum Gasteiger partial charge on any atom is 0.271 e. The van der Waals surface area contributed by atoms with Gasteiger partial charge in [-0.3, -0.25) is 4.79 Å². The molecule has 1 aromatic heterocycles. The van der Waals surface area contributed by atoms with Crippen molar-refractivity contribution in [3.63, 3.8) is 0 Å². The zero-order chi connectivity index (χ0) is 14.1. The van der Waals surface area contributed by atoms with Crippen molar-refractivity contribution >= 4 is 11.7 Å². The molecule has 0 aliphatic rings. The summed E-state index contributed by atoms with van der Waals surface area (Å²) in [6.45, 7) is 5.06. The molecule has 1 amide bonds. The summed E-state index contributed by atoms with van der Waals surface area (Å²) in [7, 11) is 1.77. The highest BCUT2D eigenvalue weighted by Gasteiger charge is 2.11. The van der Waals surface area contributed by atoms with E-state index in [1.807, 2.05) is 0 Å². The van der Waals surface area contributed by atoms with Gasteiger partial charge in [-0.1, -0.05) is 33.1 Å². The highest BCUT2D eigenvalue weighted by atomic mass is 16.1. The molecule has 0 bridgehead atoms. The van der Waals surface area contributed by atoms with Gasteiger partial charge in [-0.05, 0) is 12.3 Å². The second-order valence-corrected chi connectivity index (χ2v) is 4.66. The molecule has 2 N–H and O–H groups in total. The van der Waals surface area contributed by atoms with Gasteiger partial charge in [0, 0.05) is 13.6 Å². The Labute approximate surface area is 115 Å². The number of aromatic nitrogens is 2. The predicted octanol–water partition coefficient (Wildman–Crippen LogP) is 2.46. The van der Waals surface area contributed by atoms with Crippen LogP contribution in [0.15, 0.2) is 12.4 Å². The van der Waals surface area contributed by atoms with Crippen LogP contribution in [0.5, 0.6) is 0 Å². The summed E-state index contributed by atoms with van der Waals surface area (Å²) in [5, 5.41) is 5.80. The molecule has 0 saturated heterocycles. The van der Waals surface area contributed by atoms with Crippen LogP contribution >= 0.6 is 0 Å². The minimum Gasteiger partial charge on any atom is -0.372 e. The summed E-state index contributed by atoms with van der Waals surface area (Å²) in [6.07, 6.45) is 7.71. The number of rotatable bonds is 8. The first-order valence-corrected chi connectivity index (χ1v) is 6.99. The van der Waals surface area contributed by atoms with Crippen LogP contribution in [-0.4, -0.2) is 29.5 Å². The number of carbonyl (C=O) groups excluding carboxylic acids is 1. The van der Waals surface area contributed by atoms with Gasteiger partial charge in [0.1, 0.15) is 11.5 Å². The maximum absolute atomic E-state index is 11.9. The summed E-state index contributed by atoms with van der Waals surface area (Å²) in [4.78, 5) is 20.1. The van der Waals surface area contributed by atoms with E-state index in [9.17, 15) is 4.79 Å². The molecule has 0 saturated carbocycles. The van der Waals surface area contributed by atoms with Crippen LogP contribution in [-0.2, 0) is 0 Å². The van der Waals surface area contributed by atoms with Crippen LogP contribution in [0.1, 0.15) is 50.0 Å². The molecule has 5 heteroatoms. The van der Waals surface area contributed by atoms with E-state index in [-0.39, 0.29) is 5.91 Å². The van der Waals surface area contributed by atoms with Crippen molar-refractivity contribution in [1.82, 2.24) is 15.3 Å². The molecule has 0 radical (unpaired) electrons. The number of nitrogens with one attached hydrogen (secondary N) is 2. The van der Waals surface area contributed by atoms with Crippen molar-refractivity contribution in [3.8, 4) is 0 Å². The first-order valence-electron chi connectivity index (χ1n) is 6.99. The van der Waals surface area contributed by atoms with Gasteiger partial charge in [-0.15, -0.1) is 0 Å². The topological polar surface area (TPSA) is 66.9 Å². The van der Waals surface area contributed by atoms with Gasteiger partial charge in [0.2, 0.25) is 0 Å². The number of anilines is 1. The van der Waals surface area contributed by atoms with Crippen LogP contribution in [0.3, 0.4) is 0 Å². The fourth-order valence-corrected chi connectivity index (χ4v) is 1.85. The first kappa shape index (κ1) is 15.4. The smallest absolute Gasteiger partial charge is 0.271 e. The molecular weight excluding hydrogens is 240 g/mol. The molecule has 1 atom stereocenters. The van der Waals surface area contributed by atoms with Crippen molar-refractivity contribution in [1.29, 1.82) is 0 Å². The number of unbranched alkanes of at least 4 members (excludes halogenated alkanes) is 1. The van der Waals surface area contributed by atoms with Gasteiger partial charge in [-0.25, -0.2) is 9.97 Å². The minimum absolute atomic E-state index is 0.148. The predicted molar refractivity (Wildman–Crippen MR) is 77.2 cm³/mol. The third kappa shape index (κ3) is 5.24. The number of carbonyl (C=O) groups is 1. The summed E-state index contributed by atoms with van der Waals surface area (Å²) in [5.74, 6) is 1.06. The second-order valence-electron chi connectivity index (χ2n) is 4.66. The van der Waals surface area contributed by atoms with E-state index in [4.69, 9.17) is 0 Å². The molecule has 5 nitrogen and oxygen atoms in total. The van der Waals surface area contributed by atoms with Crippen LogP contribution < -0.4 is 10.6 Å². The molecule has 0 aromatic carbocycles. The average molecular weight is 264 g/mol. The summed E-state index contributed by atoms with van der Waals surface area (Å²) < 4.78 is 0. The highest BCUT2D eigenvalue weighted by Crippen LogP contribution is 2.11. The van der Waals surface area contributed by atoms with E-state index in [1.54, 1.807) is 13.2 Å². The fourth-order valence-electron chi connectivity index (χ4n) is 1.85. The van der Waals surface area contributed by atoms with Gasteiger partial charge in [0.05, 0.1) is 12.4 Å². The Morgan fingerprint density at radius 2 is 2.11 bits per heavy atom. The third-order valence-corrected chi connectivity index (χ3v) is 3.24. The standard InChI is InChI=1S/C14H24N4O/c1-4-6-7-11(5-2)8-18-14(19)12-9-17-13(15-3)10-16-12/h9-11H,4-8H2,1-3H3,(H,15,17)(H,18,19). The summed E-state index contributed by atoms with van der Waals surface area (Å²) in [6, 6.07) is 0. The minimum atomic E-state index is -0.148. The lowest BCUT2D eigenvalue weighted by molar-refractivity contribution is 0.0940. The SMILES string of the molecule is CCCCC(CC)CNC(=O)c1cnc(NC)cn1. The largest absolute Gasteiger partial charge is 0.372 e. The Morgan fingerprint density at radius 1 is 1.32 bits per heavy atom. The average Bonchev–Trinajstić information content (AvgIpc) is 2.47. The van der Waals surface area contributed by atoms with Crippen LogP contribution in [0, 0.1) is 5.92 Å². The van der Waals surface area contributed by atoms with E-state index in [1.165, 1.54) is 19.0 Å². The third-order valence-electron chi connectivity index (χ3n) is 3.24. The van der Waals surface area contributed by atoms with E-state index >= 15 is 0 Å². The number of hydrogen-bond donors (Lipinski definition) is 2. The molecular formula is C14H24N4O. The normalized spacial score (nSPS) is 11.9. The van der Waals surface area contributed by atoms with Crippen molar-refractivity contribution in [2.24, 2.45) is 5.92 Å². The fraction of sp³-hybridized carbons (Fsp3) is 0.643.